The summed E-state index contributed by atoms with van der Waals surface area (Å²) in [6.07, 6.45) is 2.37. The number of anilines is 2. The molecule has 0 radical (unpaired) electrons. The molecule has 0 aliphatic carbocycles. The van der Waals surface area contributed by atoms with Crippen LogP contribution in [-0.4, -0.2) is 32.6 Å². The van der Waals surface area contributed by atoms with Gasteiger partial charge in [-0.2, -0.15) is 0 Å². The molecule has 0 saturated heterocycles. The van der Waals surface area contributed by atoms with Crippen LogP contribution in [0.1, 0.15) is 21.1 Å². The van der Waals surface area contributed by atoms with Gasteiger partial charge in [-0.3, -0.25) is 10.1 Å². The molecular weight excluding hydrogens is 332 g/mol. The van der Waals surface area contributed by atoms with Gasteiger partial charge in [0.05, 0.1) is 16.3 Å². The third kappa shape index (κ3) is 4.30. The molecule has 0 aliphatic heterocycles. The summed E-state index contributed by atoms with van der Waals surface area (Å²) in [7, 11) is 0. The normalized spacial score (nSPS) is 10.5. The second-order valence-corrected chi connectivity index (χ2v) is 6.56. The number of carbonyl (C=O) groups is 1. The molecule has 2 N–H and O–H groups in total. The van der Waals surface area contributed by atoms with E-state index in [0.717, 1.165) is 29.5 Å². The summed E-state index contributed by atoms with van der Waals surface area (Å²) in [6, 6.07) is 3.50. The van der Waals surface area contributed by atoms with Gasteiger partial charge in [-0.25, -0.2) is 9.97 Å². The number of hydrogen-bond acceptors (Lipinski definition) is 8. The van der Waals surface area contributed by atoms with Crippen LogP contribution in [0.2, 0.25) is 0 Å². The second-order valence-electron chi connectivity index (χ2n) is 4.66. The van der Waals surface area contributed by atoms with Crippen LogP contribution in [0.3, 0.4) is 0 Å². The summed E-state index contributed by atoms with van der Waals surface area (Å²) < 4.78 is 0. The fraction of sp³-hybridized carbons (Fsp3) is 0.214. The van der Waals surface area contributed by atoms with Gasteiger partial charge in [0, 0.05) is 24.5 Å². The highest BCUT2D eigenvalue weighted by Crippen LogP contribution is 2.12. The van der Waals surface area contributed by atoms with Crippen molar-refractivity contribution >= 4 is 39.5 Å². The number of aryl methyl sites for hydroxylation is 1. The van der Waals surface area contributed by atoms with E-state index in [2.05, 4.69) is 36.2 Å². The minimum absolute atomic E-state index is 0.251. The van der Waals surface area contributed by atoms with Crippen LogP contribution >= 0.6 is 22.7 Å². The molecule has 0 aromatic carbocycles. The summed E-state index contributed by atoms with van der Waals surface area (Å²) in [4.78, 5) is 20.6. The molecule has 0 bridgehead atoms. The number of nitrogens with zero attached hydrogens (tertiary/aromatic N) is 4. The molecule has 0 unspecified atom stereocenters. The van der Waals surface area contributed by atoms with Gasteiger partial charge in [-0.15, -0.1) is 21.5 Å². The average Bonchev–Trinajstić information content (AvgIpc) is 3.20. The lowest BCUT2D eigenvalue weighted by Crippen LogP contribution is -2.13. The van der Waals surface area contributed by atoms with Gasteiger partial charge in [0.2, 0.25) is 5.13 Å². The third-order valence-electron chi connectivity index (χ3n) is 2.96. The van der Waals surface area contributed by atoms with Gasteiger partial charge < -0.3 is 5.32 Å². The fourth-order valence-electron chi connectivity index (χ4n) is 1.87. The van der Waals surface area contributed by atoms with Gasteiger partial charge in [-0.05, 0) is 19.1 Å². The van der Waals surface area contributed by atoms with Crippen LogP contribution in [-0.2, 0) is 6.42 Å². The molecular formula is C14H14N6OS2. The Bertz CT molecular complexity index is 769. The largest absolute Gasteiger partial charge is 0.370 e. The molecule has 118 valence electrons. The van der Waals surface area contributed by atoms with Crippen LogP contribution in [0.4, 0.5) is 10.9 Å². The third-order valence-corrected chi connectivity index (χ3v) is 4.39. The van der Waals surface area contributed by atoms with Crippen LogP contribution in [0.15, 0.2) is 29.2 Å². The van der Waals surface area contributed by atoms with Crippen molar-refractivity contribution in [1.29, 1.82) is 0 Å². The minimum Gasteiger partial charge on any atom is -0.370 e. The van der Waals surface area contributed by atoms with E-state index in [1.165, 1.54) is 17.5 Å². The summed E-state index contributed by atoms with van der Waals surface area (Å²) >= 11 is 2.92. The Morgan fingerprint density at radius 2 is 2.22 bits per heavy atom. The lowest BCUT2D eigenvalue weighted by molar-refractivity contribution is 0.102. The Hall–Kier alpha value is -2.39. The number of aromatic nitrogens is 4. The van der Waals surface area contributed by atoms with Crippen LogP contribution in [0, 0.1) is 6.92 Å². The Kier molecular flexibility index (Phi) is 4.89. The van der Waals surface area contributed by atoms with E-state index in [1.807, 2.05) is 6.92 Å². The lowest BCUT2D eigenvalue weighted by atomic mass is 10.2. The Morgan fingerprint density at radius 1 is 1.30 bits per heavy atom. The highest BCUT2D eigenvalue weighted by molar-refractivity contribution is 7.13. The Morgan fingerprint density at radius 3 is 2.87 bits per heavy atom. The first kappa shape index (κ1) is 15.5. The summed E-state index contributed by atoms with van der Waals surface area (Å²) in [5.74, 6) is 0.475. The smallest absolute Gasteiger partial charge is 0.259 e. The zero-order valence-corrected chi connectivity index (χ0v) is 13.9. The van der Waals surface area contributed by atoms with Crippen molar-refractivity contribution in [2.75, 3.05) is 17.2 Å². The topological polar surface area (TPSA) is 92.7 Å². The van der Waals surface area contributed by atoms with Crippen molar-refractivity contribution in [2.24, 2.45) is 0 Å². The van der Waals surface area contributed by atoms with E-state index < -0.39 is 0 Å². The maximum absolute atomic E-state index is 12.0. The Balaban J connectivity index is 1.51. The first-order chi connectivity index (χ1) is 11.2. The molecule has 9 heteroatoms. The average molecular weight is 346 g/mol. The first-order valence-electron chi connectivity index (χ1n) is 6.89. The maximum Gasteiger partial charge on any atom is 0.259 e. The molecule has 0 atom stereocenters. The quantitative estimate of drug-likeness (QED) is 0.713. The molecule has 3 aromatic rings. The standard InChI is InChI=1S/C14H14N6OS2/c1-9-18-11(7-22-9)4-5-15-12-3-2-10(6-16-12)13(21)19-14-20-17-8-23-14/h2-3,6-8H,4-5H2,1H3,(H,15,16)(H,19,20,21). The van der Waals surface area contributed by atoms with Gasteiger partial charge >= 0.3 is 0 Å². The van der Waals surface area contributed by atoms with Gasteiger partial charge in [0.1, 0.15) is 11.3 Å². The van der Waals surface area contributed by atoms with E-state index in [9.17, 15) is 4.79 Å². The monoisotopic (exact) mass is 346 g/mol. The number of pyridine rings is 1. The highest BCUT2D eigenvalue weighted by atomic mass is 32.1. The van der Waals surface area contributed by atoms with Crippen LogP contribution in [0.5, 0.6) is 0 Å². The molecule has 23 heavy (non-hydrogen) atoms. The highest BCUT2D eigenvalue weighted by Gasteiger charge is 2.08. The molecule has 3 rings (SSSR count). The van der Waals surface area contributed by atoms with E-state index in [0.29, 0.717) is 10.7 Å². The van der Waals surface area contributed by atoms with E-state index in [1.54, 1.807) is 29.0 Å². The zero-order valence-electron chi connectivity index (χ0n) is 12.3. The number of carbonyl (C=O) groups excluding carboxylic acids is 1. The number of thiazole rings is 1. The summed E-state index contributed by atoms with van der Waals surface area (Å²) in [6.45, 7) is 2.74. The van der Waals surface area contributed by atoms with Crippen molar-refractivity contribution in [3.63, 3.8) is 0 Å². The zero-order chi connectivity index (χ0) is 16.1. The fourth-order valence-corrected chi connectivity index (χ4v) is 2.96. The molecule has 0 aliphatic rings. The predicted molar refractivity (Wildman–Crippen MR) is 91.1 cm³/mol. The van der Waals surface area contributed by atoms with Crippen molar-refractivity contribution in [1.82, 2.24) is 20.2 Å². The summed E-state index contributed by atoms with van der Waals surface area (Å²) in [5, 5.41) is 16.9. The molecule has 0 fully saturated rings. The second kappa shape index (κ2) is 7.25. The molecule has 0 saturated carbocycles. The predicted octanol–water partition coefficient (Wildman–Crippen LogP) is 2.60. The van der Waals surface area contributed by atoms with Crippen molar-refractivity contribution in [3.05, 3.63) is 45.5 Å². The molecule has 1 amide bonds. The lowest BCUT2D eigenvalue weighted by Gasteiger charge is -2.05. The van der Waals surface area contributed by atoms with Crippen molar-refractivity contribution in [2.45, 2.75) is 13.3 Å². The van der Waals surface area contributed by atoms with Gasteiger partial charge in [-0.1, -0.05) is 11.3 Å². The molecule has 7 nitrogen and oxygen atoms in total. The number of rotatable bonds is 6. The first-order valence-corrected chi connectivity index (χ1v) is 8.65. The van der Waals surface area contributed by atoms with E-state index in [4.69, 9.17) is 0 Å². The van der Waals surface area contributed by atoms with E-state index in [-0.39, 0.29) is 5.91 Å². The van der Waals surface area contributed by atoms with Crippen molar-refractivity contribution < 1.29 is 4.79 Å². The van der Waals surface area contributed by atoms with Crippen molar-refractivity contribution in [3.8, 4) is 0 Å². The number of amides is 1. The Labute approximate surface area is 140 Å². The minimum atomic E-state index is -0.251. The van der Waals surface area contributed by atoms with Crippen LogP contribution in [0.25, 0.3) is 0 Å². The summed E-state index contributed by atoms with van der Waals surface area (Å²) in [5.41, 5.74) is 3.11. The van der Waals surface area contributed by atoms with Gasteiger partial charge in [0.25, 0.3) is 5.91 Å². The number of nitrogens with one attached hydrogen (secondary N) is 2. The van der Waals surface area contributed by atoms with Gasteiger partial charge in [0.15, 0.2) is 0 Å². The SMILES string of the molecule is Cc1nc(CCNc2ccc(C(=O)Nc3nncs3)cn2)cs1. The maximum atomic E-state index is 12.0. The molecule has 0 spiro atoms. The number of hydrogen-bond donors (Lipinski definition) is 2. The van der Waals surface area contributed by atoms with E-state index >= 15 is 0 Å². The molecule has 3 heterocycles. The van der Waals surface area contributed by atoms with Crippen LogP contribution < -0.4 is 10.6 Å². The molecule has 3 aromatic heterocycles.